The van der Waals surface area contributed by atoms with Gasteiger partial charge in [0.15, 0.2) is 0 Å². The summed E-state index contributed by atoms with van der Waals surface area (Å²) in [6.07, 6.45) is 1.71. The number of aryl methyl sites for hydroxylation is 1. The van der Waals surface area contributed by atoms with Gasteiger partial charge in [-0.15, -0.1) is 0 Å². The second-order valence-corrected chi connectivity index (χ2v) is 4.02. The van der Waals surface area contributed by atoms with Crippen LogP contribution in [0.4, 0.5) is 0 Å². The normalized spacial score (nSPS) is 10.4. The summed E-state index contributed by atoms with van der Waals surface area (Å²) in [6.45, 7) is 1.99. The highest BCUT2D eigenvalue weighted by Gasteiger charge is 2.10. The molecule has 0 saturated carbocycles. The molecule has 0 fully saturated rings. The molecule has 0 bridgehead atoms. The largest absolute Gasteiger partial charge is 0.495 e. The van der Waals surface area contributed by atoms with Gasteiger partial charge in [0.2, 0.25) is 0 Å². The van der Waals surface area contributed by atoms with E-state index in [9.17, 15) is 0 Å². The van der Waals surface area contributed by atoms with Crippen LogP contribution in [-0.2, 0) is 0 Å². The monoisotopic (exact) mass is 252 g/mol. The molecule has 90 valence electrons. The predicted molar refractivity (Wildman–Crippen MR) is 66.9 cm³/mol. The lowest BCUT2D eigenvalue weighted by Crippen LogP contribution is -1.89. The molecule has 17 heavy (non-hydrogen) atoms. The minimum atomic E-state index is 0.478. The Morgan fingerprint density at radius 1 is 1.24 bits per heavy atom. The molecule has 1 aromatic heterocycles. The van der Waals surface area contributed by atoms with Crippen LogP contribution in [0.5, 0.6) is 11.8 Å². The van der Waals surface area contributed by atoms with E-state index < -0.39 is 0 Å². The molecular formula is C12H13ClN2O2. The fraction of sp³-hybridized carbons (Fsp3) is 0.250. The molecule has 2 rings (SSSR count). The Hall–Kier alpha value is -1.68. The molecule has 0 spiro atoms. The van der Waals surface area contributed by atoms with Crippen LogP contribution in [-0.4, -0.2) is 24.2 Å². The first-order valence-electron chi connectivity index (χ1n) is 5.09. The highest BCUT2D eigenvalue weighted by atomic mass is 35.5. The van der Waals surface area contributed by atoms with Crippen molar-refractivity contribution in [1.82, 2.24) is 9.97 Å². The molecule has 0 amide bonds. The first-order valence-corrected chi connectivity index (χ1v) is 5.47. The molecule has 0 unspecified atom stereocenters. The third kappa shape index (κ3) is 2.22. The Morgan fingerprint density at radius 3 is 2.59 bits per heavy atom. The quantitative estimate of drug-likeness (QED) is 0.913. The van der Waals surface area contributed by atoms with Gasteiger partial charge in [0.25, 0.3) is 6.01 Å². The summed E-state index contributed by atoms with van der Waals surface area (Å²) >= 11 is 6.10. The van der Waals surface area contributed by atoms with E-state index in [2.05, 4.69) is 9.97 Å². The van der Waals surface area contributed by atoms with Crippen LogP contribution in [0.2, 0.25) is 5.02 Å². The van der Waals surface area contributed by atoms with E-state index in [0.29, 0.717) is 16.8 Å². The number of hydrogen-bond donors (Lipinski definition) is 1. The second-order valence-electron chi connectivity index (χ2n) is 3.61. The molecule has 5 heteroatoms. The number of imidazole rings is 1. The average Bonchev–Trinajstić information content (AvgIpc) is 2.80. The molecule has 1 heterocycles. The van der Waals surface area contributed by atoms with Gasteiger partial charge in [0, 0.05) is 5.56 Å². The fourth-order valence-electron chi connectivity index (χ4n) is 1.65. The minimum absolute atomic E-state index is 0.478. The van der Waals surface area contributed by atoms with E-state index in [4.69, 9.17) is 21.1 Å². The zero-order chi connectivity index (χ0) is 12.4. The maximum absolute atomic E-state index is 6.10. The smallest absolute Gasteiger partial charge is 0.293 e. The molecule has 0 saturated heterocycles. The SMILES string of the molecule is COc1ncc(-c2cc(Cl)c(OC)cc2C)[nH]1. The van der Waals surface area contributed by atoms with Crippen LogP contribution in [0.25, 0.3) is 11.3 Å². The predicted octanol–water partition coefficient (Wildman–Crippen LogP) is 3.06. The molecule has 1 N–H and O–H groups in total. The summed E-state index contributed by atoms with van der Waals surface area (Å²) in [6, 6.07) is 4.22. The number of H-pyrrole nitrogens is 1. The molecular weight excluding hydrogens is 240 g/mol. The Kier molecular flexibility index (Phi) is 3.24. The number of nitrogens with zero attached hydrogens (tertiary/aromatic N) is 1. The molecule has 1 aromatic carbocycles. The Balaban J connectivity index is 2.48. The molecule has 4 nitrogen and oxygen atoms in total. The Morgan fingerprint density at radius 2 is 2.00 bits per heavy atom. The molecule has 0 atom stereocenters. The first kappa shape index (κ1) is 11.8. The van der Waals surface area contributed by atoms with Crippen molar-refractivity contribution in [3.63, 3.8) is 0 Å². The average molecular weight is 253 g/mol. The van der Waals surface area contributed by atoms with Gasteiger partial charge in [-0.3, -0.25) is 0 Å². The highest BCUT2D eigenvalue weighted by molar-refractivity contribution is 6.32. The molecule has 0 aliphatic heterocycles. The van der Waals surface area contributed by atoms with E-state index in [-0.39, 0.29) is 0 Å². The van der Waals surface area contributed by atoms with Gasteiger partial charge in [-0.1, -0.05) is 11.6 Å². The van der Waals surface area contributed by atoms with Crippen LogP contribution in [0, 0.1) is 6.92 Å². The molecule has 2 aromatic rings. The van der Waals surface area contributed by atoms with Gasteiger partial charge in [-0.05, 0) is 24.6 Å². The van der Waals surface area contributed by atoms with Gasteiger partial charge < -0.3 is 14.5 Å². The van der Waals surface area contributed by atoms with E-state index in [1.807, 2.05) is 19.1 Å². The third-order valence-electron chi connectivity index (χ3n) is 2.53. The number of nitrogens with one attached hydrogen (secondary N) is 1. The molecule has 0 aliphatic carbocycles. The Bertz CT molecular complexity index is 537. The van der Waals surface area contributed by atoms with E-state index in [1.54, 1.807) is 20.4 Å². The van der Waals surface area contributed by atoms with Gasteiger partial charge in [0.1, 0.15) is 5.75 Å². The number of benzene rings is 1. The number of ether oxygens (including phenoxy) is 2. The topological polar surface area (TPSA) is 47.1 Å². The minimum Gasteiger partial charge on any atom is -0.495 e. The lowest BCUT2D eigenvalue weighted by Gasteiger charge is -2.08. The summed E-state index contributed by atoms with van der Waals surface area (Å²) < 4.78 is 10.2. The molecule has 0 radical (unpaired) electrons. The fourth-order valence-corrected chi connectivity index (χ4v) is 1.89. The van der Waals surface area contributed by atoms with Crippen molar-refractivity contribution in [1.29, 1.82) is 0 Å². The van der Waals surface area contributed by atoms with Crippen molar-refractivity contribution >= 4 is 11.6 Å². The van der Waals surface area contributed by atoms with Crippen molar-refractivity contribution in [2.24, 2.45) is 0 Å². The summed E-state index contributed by atoms with van der Waals surface area (Å²) in [4.78, 5) is 7.12. The van der Waals surface area contributed by atoms with Gasteiger partial charge >= 0.3 is 0 Å². The van der Waals surface area contributed by atoms with Crippen LogP contribution >= 0.6 is 11.6 Å². The Labute approximate surface area is 105 Å². The maximum Gasteiger partial charge on any atom is 0.293 e. The van der Waals surface area contributed by atoms with Crippen LogP contribution < -0.4 is 9.47 Å². The van der Waals surface area contributed by atoms with Gasteiger partial charge in [-0.25, -0.2) is 4.98 Å². The maximum atomic E-state index is 6.10. The third-order valence-corrected chi connectivity index (χ3v) is 2.83. The van der Waals surface area contributed by atoms with E-state index in [0.717, 1.165) is 16.8 Å². The van der Waals surface area contributed by atoms with Crippen molar-refractivity contribution in [2.45, 2.75) is 6.92 Å². The second kappa shape index (κ2) is 4.67. The highest BCUT2D eigenvalue weighted by Crippen LogP contribution is 2.33. The number of aromatic nitrogens is 2. The molecule has 0 aliphatic rings. The summed E-state index contributed by atoms with van der Waals surface area (Å²) in [5.41, 5.74) is 2.90. The van der Waals surface area contributed by atoms with Crippen molar-refractivity contribution < 1.29 is 9.47 Å². The summed E-state index contributed by atoms with van der Waals surface area (Å²) in [5.74, 6) is 0.666. The standard InChI is InChI=1S/C12H13ClN2O2/c1-7-4-11(16-2)9(13)5-8(7)10-6-14-12(15-10)17-3/h4-6H,1-3H3,(H,14,15). The lowest BCUT2D eigenvalue weighted by molar-refractivity contribution is 0.384. The number of hydrogen-bond acceptors (Lipinski definition) is 3. The van der Waals surface area contributed by atoms with E-state index >= 15 is 0 Å². The van der Waals surface area contributed by atoms with Crippen molar-refractivity contribution in [3.8, 4) is 23.0 Å². The van der Waals surface area contributed by atoms with Crippen LogP contribution in [0.1, 0.15) is 5.56 Å². The van der Waals surface area contributed by atoms with Gasteiger partial charge in [-0.2, -0.15) is 0 Å². The zero-order valence-electron chi connectivity index (χ0n) is 9.87. The van der Waals surface area contributed by atoms with E-state index in [1.165, 1.54) is 0 Å². The van der Waals surface area contributed by atoms with Crippen LogP contribution in [0.3, 0.4) is 0 Å². The zero-order valence-corrected chi connectivity index (χ0v) is 10.6. The van der Waals surface area contributed by atoms with Gasteiger partial charge in [0.05, 0.1) is 31.1 Å². The van der Waals surface area contributed by atoms with Crippen LogP contribution in [0.15, 0.2) is 18.3 Å². The number of rotatable bonds is 3. The number of aromatic amines is 1. The van der Waals surface area contributed by atoms with Crippen molar-refractivity contribution in [2.75, 3.05) is 14.2 Å². The first-order chi connectivity index (χ1) is 8.15. The van der Waals surface area contributed by atoms with Crippen molar-refractivity contribution in [3.05, 3.63) is 28.9 Å². The number of halogens is 1. The lowest BCUT2D eigenvalue weighted by atomic mass is 10.1. The number of methoxy groups -OCH3 is 2. The summed E-state index contributed by atoms with van der Waals surface area (Å²) in [5, 5.41) is 0.571. The summed E-state index contributed by atoms with van der Waals surface area (Å²) in [7, 11) is 3.16.